The van der Waals surface area contributed by atoms with E-state index in [1.54, 1.807) is 0 Å². The zero-order chi connectivity index (χ0) is 33.6. The van der Waals surface area contributed by atoms with Gasteiger partial charge in [-0.1, -0.05) is 158 Å². The molecule has 0 aliphatic rings. The third kappa shape index (κ3) is 4.78. The molecule has 0 aliphatic heterocycles. The van der Waals surface area contributed by atoms with Gasteiger partial charge in [0.1, 0.15) is 0 Å². The minimum Gasteiger partial charge on any atom is -0.309 e. The first kappa shape index (κ1) is 29.7. The molecule has 50 heavy (non-hydrogen) atoms. The molecular formula is C49H35N. The van der Waals surface area contributed by atoms with Crippen LogP contribution < -0.4 is 0 Å². The number of para-hydroxylation sites is 1. The summed E-state index contributed by atoms with van der Waals surface area (Å²) in [5, 5.41) is 7.55. The number of benzene rings is 8. The van der Waals surface area contributed by atoms with Crippen LogP contribution in [0.3, 0.4) is 0 Å². The van der Waals surface area contributed by atoms with Gasteiger partial charge in [-0.3, -0.25) is 0 Å². The van der Waals surface area contributed by atoms with Crippen LogP contribution in [-0.2, 0) is 0 Å². The van der Waals surface area contributed by atoms with Crippen LogP contribution in [0.1, 0.15) is 12.5 Å². The van der Waals surface area contributed by atoms with Crippen molar-refractivity contribution < 1.29 is 0 Å². The predicted octanol–water partition coefficient (Wildman–Crippen LogP) is 13.7. The van der Waals surface area contributed by atoms with Gasteiger partial charge in [0, 0.05) is 16.5 Å². The smallest absolute Gasteiger partial charge is 0.0541 e. The predicted molar refractivity (Wildman–Crippen MR) is 216 cm³/mol. The van der Waals surface area contributed by atoms with E-state index in [0.717, 1.165) is 16.8 Å². The van der Waals surface area contributed by atoms with Gasteiger partial charge < -0.3 is 4.57 Å². The van der Waals surface area contributed by atoms with Crippen molar-refractivity contribution in [2.45, 2.75) is 6.92 Å². The summed E-state index contributed by atoms with van der Waals surface area (Å²) >= 11 is 0. The normalized spacial score (nSPS) is 11.7. The number of aromatic nitrogens is 1. The molecule has 1 nitrogen and oxygen atoms in total. The average molecular weight is 638 g/mol. The third-order valence-electron chi connectivity index (χ3n) is 10.0. The summed E-state index contributed by atoms with van der Waals surface area (Å²) < 4.78 is 2.40. The maximum Gasteiger partial charge on any atom is 0.0541 e. The first-order chi connectivity index (χ1) is 24.7. The summed E-state index contributed by atoms with van der Waals surface area (Å²) in [5.41, 5.74) is 13.1. The third-order valence-corrected chi connectivity index (χ3v) is 10.0. The van der Waals surface area contributed by atoms with E-state index in [1.165, 1.54) is 76.7 Å². The Balaban J connectivity index is 1.21. The highest BCUT2D eigenvalue weighted by atomic mass is 15.0. The minimum atomic E-state index is 1.01. The molecule has 0 unspecified atom stereocenters. The lowest BCUT2D eigenvalue weighted by Gasteiger charge is -2.18. The van der Waals surface area contributed by atoms with E-state index in [9.17, 15) is 0 Å². The Morgan fingerprint density at radius 1 is 0.460 bits per heavy atom. The molecule has 0 saturated carbocycles. The Morgan fingerprint density at radius 3 is 1.60 bits per heavy atom. The first-order valence-electron chi connectivity index (χ1n) is 17.3. The van der Waals surface area contributed by atoms with E-state index in [-0.39, 0.29) is 0 Å². The lowest BCUT2D eigenvalue weighted by Crippen LogP contribution is -1.95. The summed E-state index contributed by atoms with van der Waals surface area (Å²) in [7, 11) is 0. The van der Waals surface area contributed by atoms with Gasteiger partial charge in [-0.15, -0.1) is 0 Å². The van der Waals surface area contributed by atoms with Gasteiger partial charge in [-0.05, 0) is 103 Å². The van der Waals surface area contributed by atoms with Gasteiger partial charge >= 0.3 is 0 Å². The second-order valence-corrected chi connectivity index (χ2v) is 12.9. The van der Waals surface area contributed by atoms with Gasteiger partial charge in [0.2, 0.25) is 0 Å². The number of fused-ring (bicyclic) bond motifs is 5. The van der Waals surface area contributed by atoms with Crippen molar-refractivity contribution in [2.75, 3.05) is 0 Å². The molecule has 1 heterocycles. The second-order valence-electron chi connectivity index (χ2n) is 12.9. The molecule has 9 rings (SSSR count). The maximum atomic E-state index is 4.35. The van der Waals surface area contributed by atoms with Crippen molar-refractivity contribution in [3.63, 3.8) is 0 Å². The molecule has 1 heteroatoms. The topological polar surface area (TPSA) is 4.93 Å². The highest BCUT2D eigenvalue weighted by Gasteiger charge is 2.18. The molecule has 0 atom stereocenters. The lowest BCUT2D eigenvalue weighted by atomic mass is 9.86. The Labute approximate surface area is 292 Å². The summed E-state index contributed by atoms with van der Waals surface area (Å²) in [6.07, 6.45) is 4.13. The SMILES string of the molecule is C=C(/C=C\C)c1ccccc1-c1ccc2c(c1)c1ccccc1n2-c1ccc(-c2c3ccccc3c(-c3ccccc3)c3ccccc23)cc1. The first-order valence-corrected chi connectivity index (χ1v) is 17.3. The zero-order valence-electron chi connectivity index (χ0n) is 28.0. The minimum absolute atomic E-state index is 1.01. The standard InChI is InChI=1S/C49H35N/c1-3-15-33(2)38-18-7-8-19-39(38)36-28-31-47-45(32-36)40-20-13-14-25-46(40)50(47)37-29-26-35(27-30-37)49-43-23-11-9-21-41(43)48(34-16-5-4-6-17-34)42-22-10-12-24-44(42)49/h3-32H,2H2,1H3/b15-3-. The van der Waals surface area contributed by atoms with Crippen LogP contribution in [0.15, 0.2) is 189 Å². The van der Waals surface area contributed by atoms with Crippen molar-refractivity contribution in [1.82, 2.24) is 4.57 Å². The average Bonchev–Trinajstić information content (AvgIpc) is 3.51. The van der Waals surface area contributed by atoms with Gasteiger partial charge in [-0.25, -0.2) is 0 Å². The van der Waals surface area contributed by atoms with E-state index in [2.05, 4.69) is 187 Å². The van der Waals surface area contributed by atoms with Crippen LogP contribution in [0, 0.1) is 0 Å². The molecule has 0 aliphatic carbocycles. The molecule has 0 saturated heterocycles. The number of hydrogen-bond donors (Lipinski definition) is 0. The van der Waals surface area contributed by atoms with Crippen molar-refractivity contribution in [3.8, 4) is 39.1 Å². The number of rotatable bonds is 6. The number of nitrogens with zero attached hydrogens (tertiary/aromatic N) is 1. The summed E-state index contributed by atoms with van der Waals surface area (Å²) in [6.45, 7) is 6.38. The van der Waals surface area contributed by atoms with Crippen molar-refractivity contribution in [1.29, 1.82) is 0 Å². The van der Waals surface area contributed by atoms with Crippen LogP contribution in [0.2, 0.25) is 0 Å². The van der Waals surface area contributed by atoms with E-state index < -0.39 is 0 Å². The van der Waals surface area contributed by atoms with Crippen LogP contribution in [-0.4, -0.2) is 4.57 Å². The van der Waals surface area contributed by atoms with Gasteiger partial charge in [0.15, 0.2) is 0 Å². The monoisotopic (exact) mass is 637 g/mol. The van der Waals surface area contributed by atoms with Crippen LogP contribution in [0.25, 0.3) is 88.0 Å². The Hall–Kier alpha value is -6.44. The fraction of sp³-hybridized carbons (Fsp3) is 0.0204. The molecule has 0 fully saturated rings. The number of allylic oxidation sites excluding steroid dienone is 3. The quantitative estimate of drug-likeness (QED) is 0.126. The van der Waals surface area contributed by atoms with Crippen molar-refractivity contribution >= 4 is 48.9 Å². The zero-order valence-corrected chi connectivity index (χ0v) is 28.0. The highest BCUT2D eigenvalue weighted by Crippen LogP contribution is 2.44. The van der Waals surface area contributed by atoms with Crippen molar-refractivity contribution in [3.05, 3.63) is 194 Å². The lowest BCUT2D eigenvalue weighted by molar-refractivity contribution is 1.18. The molecule has 236 valence electrons. The van der Waals surface area contributed by atoms with Crippen LogP contribution in [0.5, 0.6) is 0 Å². The van der Waals surface area contributed by atoms with Crippen LogP contribution in [0.4, 0.5) is 0 Å². The summed E-state index contributed by atoms with van der Waals surface area (Å²) in [4.78, 5) is 0. The van der Waals surface area contributed by atoms with Gasteiger partial charge in [0.25, 0.3) is 0 Å². The molecule has 1 aromatic heterocycles. The Bertz CT molecular complexity index is 2700. The molecule has 0 bridgehead atoms. The van der Waals surface area contributed by atoms with Crippen LogP contribution >= 0.6 is 0 Å². The molecule has 8 aromatic carbocycles. The Kier molecular flexibility index (Phi) is 7.25. The molecule has 0 spiro atoms. The largest absolute Gasteiger partial charge is 0.309 e. The molecule has 0 radical (unpaired) electrons. The van der Waals surface area contributed by atoms with E-state index in [1.807, 2.05) is 13.0 Å². The Morgan fingerprint density at radius 2 is 0.960 bits per heavy atom. The van der Waals surface area contributed by atoms with Crippen molar-refractivity contribution in [2.24, 2.45) is 0 Å². The second kappa shape index (κ2) is 12.2. The maximum absolute atomic E-state index is 4.35. The summed E-state index contributed by atoms with van der Waals surface area (Å²) in [6, 6.07) is 61.8. The molecule has 0 amide bonds. The highest BCUT2D eigenvalue weighted by molar-refractivity contribution is 6.21. The number of hydrogen-bond acceptors (Lipinski definition) is 0. The fourth-order valence-corrected chi connectivity index (χ4v) is 7.86. The summed E-state index contributed by atoms with van der Waals surface area (Å²) in [5.74, 6) is 0. The van der Waals surface area contributed by atoms with E-state index in [4.69, 9.17) is 0 Å². The van der Waals surface area contributed by atoms with E-state index in [0.29, 0.717) is 0 Å². The molecular weight excluding hydrogens is 603 g/mol. The van der Waals surface area contributed by atoms with Gasteiger partial charge in [0.05, 0.1) is 11.0 Å². The molecule has 9 aromatic rings. The fourth-order valence-electron chi connectivity index (χ4n) is 7.86. The van der Waals surface area contributed by atoms with Gasteiger partial charge in [-0.2, -0.15) is 0 Å². The molecule has 0 N–H and O–H groups in total. The van der Waals surface area contributed by atoms with E-state index >= 15 is 0 Å².